The van der Waals surface area contributed by atoms with Crippen LogP contribution in [0.5, 0.6) is 0 Å². The Morgan fingerprint density at radius 3 is 1.31 bits per heavy atom. The van der Waals surface area contributed by atoms with Crippen molar-refractivity contribution in [3.8, 4) is 45.0 Å². The molecule has 4 aromatic heterocycles. The third-order valence-electron chi connectivity index (χ3n) is 7.51. The first-order valence-corrected chi connectivity index (χ1v) is 17.0. The van der Waals surface area contributed by atoms with Crippen molar-refractivity contribution in [1.29, 1.82) is 0 Å². The first kappa shape index (κ1) is 36.5. The highest BCUT2D eigenvalue weighted by Crippen LogP contribution is 2.17. The Kier molecular flexibility index (Phi) is 13.7. The van der Waals surface area contributed by atoms with Crippen molar-refractivity contribution in [1.82, 2.24) is 34.9 Å². The van der Waals surface area contributed by atoms with Crippen molar-refractivity contribution in [3.63, 3.8) is 0 Å². The van der Waals surface area contributed by atoms with Crippen molar-refractivity contribution < 1.29 is 0 Å². The molecule has 0 atom stereocenters. The zero-order chi connectivity index (χ0) is 36.4. The van der Waals surface area contributed by atoms with Gasteiger partial charge in [-0.2, -0.15) is 0 Å². The lowest BCUT2D eigenvalue weighted by atomic mass is 10.1. The monoisotopic (exact) mass is 679 g/mol. The third-order valence-corrected chi connectivity index (χ3v) is 7.51. The first-order chi connectivity index (χ1) is 25.4. The number of aryl methyl sites for hydroxylation is 4. The molecule has 0 saturated heterocycles. The fourth-order valence-electron chi connectivity index (χ4n) is 4.76. The lowest BCUT2D eigenvalue weighted by Crippen LogP contribution is -1.88. The smallest absolute Gasteiger partial charge is 0.159 e. The summed E-state index contributed by atoms with van der Waals surface area (Å²) in [5, 5.41) is 0. The van der Waals surface area contributed by atoms with Gasteiger partial charge in [-0.25, -0.2) is 19.9 Å². The number of pyridine rings is 1. The van der Waals surface area contributed by atoms with Gasteiger partial charge in [0.25, 0.3) is 0 Å². The van der Waals surface area contributed by atoms with Gasteiger partial charge in [0, 0.05) is 58.9 Å². The summed E-state index contributed by atoms with van der Waals surface area (Å²) in [4.78, 5) is 29.7. The molecule has 0 amide bonds. The molecule has 0 radical (unpaired) electrons. The second-order valence-electron chi connectivity index (χ2n) is 11.8. The van der Waals surface area contributed by atoms with Gasteiger partial charge in [-0.15, -0.1) is 0 Å². The molecule has 4 aromatic carbocycles. The second kappa shape index (κ2) is 19.5. The van der Waals surface area contributed by atoms with Gasteiger partial charge in [0.15, 0.2) is 5.82 Å². The Morgan fingerprint density at radius 2 is 0.808 bits per heavy atom. The summed E-state index contributed by atoms with van der Waals surface area (Å²) in [5.41, 5.74) is 10.6. The molecule has 256 valence electrons. The van der Waals surface area contributed by atoms with Crippen LogP contribution < -0.4 is 0 Å². The Hall–Kier alpha value is -6.73. The van der Waals surface area contributed by atoms with Gasteiger partial charge in [-0.1, -0.05) is 127 Å². The molecule has 52 heavy (non-hydrogen) atoms. The fourth-order valence-corrected chi connectivity index (χ4v) is 4.76. The average Bonchev–Trinajstić information content (AvgIpc) is 3.21. The molecule has 0 aliphatic carbocycles. The zero-order valence-corrected chi connectivity index (χ0v) is 29.9. The number of rotatable bonds is 4. The molecule has 4 heterocycles. The van der Waals surface area contributed by atoms with E-state index in [2.05, 4.69) is 47.0 Å². The third kappa shape index (κ3) is 11.7. The molecule has 0 unspecified atom stereocenters. The number of hydrogen-bond acceptors (Lipinski definition) is 7. The van der Waals surface area contributed by atoms with Crippen LogP contribution in [0, 0.1) is 27.7 Å². The summed E-state index contributed by atoms with van der Waals surface area (Å²) >= 11 is 0. The second-order valence-corrected chi connectivity index (χ2v) is 11.8. The molecule has 7 nitrogen and oxygen atoms in total. The van der Waals surface area contributed by atoms with Gasteiger partial charge in [-0.3, -0.25) is 15.0 Å². The van der Waals surface area contributed by atoms with Gasteiger partial charge in [0.2, 0.25) is 0 Å². The van der Waals surface area contributed by atoms with Crippen LogP contribution >= 0.6 is 0 Å². The van der Waals surface area contributed by atoms with Crippen molar-refractivity contribution in [2.45, 2.75) is 27.7 Å². The summed E-state index contributed by atoms with van der Waals surface area (Å²) in [7, 11) is 0. The average molecular weight is 680 g/mol. The summed E-state index contributed by atoms with van der Waals surface area (Å²) in [5.74, 6) is 1.59. The van der Waals surface area contributed by atoms with Crippen LogP contribution in [0.1, 0.15) is 22.8 Å². The van der Waals surface area contributed by atoms with E-state index in [1.165, 1.54) is 5.56 Å². The molecule has 0 aliphatic heterocycles. The first-order valence-electron chi connectivity index (χ1n) is 17.0. The molecule has 0 aliphatic rings. The largest absolute Gasteiger partial charge is 0.258 e. The number of aromatic nitrogens is 7. The van der Waals surface area contributed by atoms with Crippen LogP contribution in [-0.2, 0) is 0 Å². The van der Waals surface area contributed by atoms with Crippen LogP contribution in [-0.4, -0.2) is 34.9 Å². The van der Waals surface area contributed by atoms with Crippen LogP contribution in [0.2, 0.25) is 0 Å². The minimum absolute atomic E-state index is 0.784. The van der Waals surface area contributed by atoms with Crippen molar-refractivity contribution in [2.75, 3.05) is 0 Å². The molecular formula is C45H41N7. The summed E-state index contributed by atoms with van der Waals surface area (Å²) < 4.78 is 0. The minimum Gasteiger partial charge on any atom is -0.258 e. The Labute approximate surface area is 306 Å². The van der Waals surface area contributed by atoms with Crippen molar-refractivity contribution in [2.24, 2.45) is 0 Å². The highest BCUT2D eigenvalue weighted by atomic mass is 14.9. The van der Waals surface area contributed by atoms with Crippen LogP contribution in [0.25, 0.3) is 45.0 Å². The molecule has 0 spiro atoms. The van der Waals surface area contributed by atoms with E-state index in [4.69, 9.17) is 0 Å². The van der Waals surface area contributed by atoms with E-state index >= 15 is 0 Å². The molecule has 0 N–H and O–H groups in total. The maximum atomic E-state index is 4.44. The Morgan fingerprint density at radius 1 is 0.308 bits per heavy atom. The molecule has 0 saturated carbocycles. The van der Waals surface area contributed by atoms with Crippen LogP contribution in [0.3, 0.4) is 0 Å². The number of hydrogen-bond donors (Lipinski definition) is 0. The lowest BCUT2D eigenvalue weighted by molar-refractivity contribution is 1.06. The highest BCUT2D eigenvalue weighted by Gasteiger charge is 1.99. The minimum atomic E-state index is 0.784. The predicted molar refractivity (Wildman–Crippen MR) is 211 cm³/mol. The van der Waals surface area contributed by atoms with Gasteiger partial charge >= 0.3 is 0 Å². The topological polar surface area (TPSA) is 90.2 Å². The normalized spacial score (nSPS) is 9.92. The molecule has 8 rings (SSSR count). The fraction of sp³-hybridized carbons (Fsp3) is 0.0889. The molecule has 0 bridgehead atoms. The Balaban J connectivity index is 0.000000134. The molecule has 7 heteroatoms. The summed E-state index contributed by atoms with van der Waals surface area (Å²) in [6.45, 7) is 7.80. The zero-order valence-electron chi connectivity index (χ0n) is 29.9. The summed E-state index contributed by atoms with van der Waals surface area (Å²) in [6.07, 6.45) is 10.9. The highest BCUT2D eigenvalue weighted by molar-refractivity contribution is 5.61. The lowest BCUT2D eigenvalue weighted by Gasteiger charge is -2.00. The quantitative estimate of drug-likeness (QED) is 0.183. The van der Waals surface area contributed by atoms with Crippen LogP contribution in [0.15, 0.2) is 177 Å². The van der Waals surface area contributed by atoms with Crippen LogP contribution in [0.4, 0.5) is 0 Å². The standard InChI is InChI=1S/C12H11N.3C11H10N2/c1-10-6-5-9-12(13-10)11-7-3-2-4-8-11;1-9-12-7-11(8-13-9)10-5-3-2-4-6-10;1-9-7-13-11(8-12-9)10-5-3-2-4-6-10;1-9-7-12-11(13-8-9)10-5-3-2-4-6-10/h2-9H,1H3;3*2-8H,1H3. The van der Waals surface area contributed by atoms with E-state index < -0.39 is 0 Å². The van der Waals surface area contributed by atoms with E-state index in [9.17, 15) is 0 Å². The maximum absolute atomic E-state index is 4.44. The van der Waals surface area contributed by atoms with E-state index in [-0.39, 0.29) is 0 Å². The van der Waals surface area contributed by atoms with Gasteiger partial charge in [-0.05, 0) is 51.0 Å². The van der Waals surface area contributed by atoms with E-state index in [1.54, 1.807) is 12.4 Å². The number of nitrogens with zero attached hydrogens (tertiary/aromatic N) is 7. The van der Waals surface area contributed by atoms with Gasteiger partial charge in [0.1, 0.15) is 5.82 Å². The Bertz CT molecular complexity index is 1980. The molecule has 8 aromatic rings. The summed E-state index contributed by atoms with van der Waals surface area (Å²) in [6, 6.07) is 46.4. The van der Waals surface area contributed by atoms with Crippen molar-refractivity contribution in [3.05, 3.63) is 199 Å². The van der Waals surface area contributed by atoms with Gasteiger partial charge in [0.05, 0.1) is 23.3 Å². The molecule has 0 fully saturated rings. The maximum Gasteiger partial charge on any atom is 0.159 e. The SMILES string of the molecule is Cc1cccc(-c2ccccc2)n1.Cc1cnc(-c2ccccc2)cn1.Cc1cnc(-c2ccccc2)nc1.Cc1ncc(-c2ccccc2)cn1. The van der Waals surface area contributed by atoms with E-state index in [0.29, 0.717) is 0 Å². The predicted octanol–water partition coefficient (Wildman–Crippen LogP) is 10.4. The molecular weight excluding hydrogens is 639 g/mol. The van der Waals surface area contributed by atoms with E-state index in [1.807, 2.05) is 180 Å². The van der Waals surface area contributed by atoms with Gasteiger partial charge < -0.3 is 0 Å². The van der Waals surface area contributed by atoms with Crippen molar-refractivity contribution >= 4 is 0 Å². The number of benzene rings is 4. The van der Waals surface area contributed by atoms with E-state index in [0.717, 1.165) is 62.2 Å².